The van der Waals surface area contributed by atoms with E-state index in [1.54, 1.807) is 0 Å². The van der Waals surface area contributed by atoms with Crippen LogP contribution >= 0.6 is 0 Å². The first-order valence-corrected chi connectivity index (χ1v) is 43.7. The standard InChI is InChI=1S/C96H132O18/c1-7-13-19-25-31-67(97)37-43-73(103)49-55-91(109)85-61-79-80(62-86(85)92(110)56-50-74(104)44-38-68(98)32-26-20-14-8-2)82-64-88(94(112)58-52-76(106)46-40-70(100)34-28-22-16-10-4)90(96(114)60-54-78(108)48-42-72(102)36-30-24-18-12-6)66-84(82)83-65-89(95(113)59-53-77(107)47-41-71(101)35-29-23-17-11-5)87(63-81(79)83)93(111)57-51-75(105)45-39-69(99)33-27-21-15-9-3/h61-66H,7-60H2,1-6H3. The van der Waals surface area contributed by atoms with Crippen molar-refractivity contribution >= 4 is 136 Å². The lowest BCUT2D eigenvalue weighted by molar-refractivity contribution is -0.124. The molecule has 0 radical (unpaired) electrons. The Morgan fingerprint density at radius 1 is 0.140 bits per heavy atom. The Labute approximate surface area is 677 Å². The zero-order valence-electron chi connectivity index (χ0n) is 70.0. The average molecular weight is 1570 g/mol. The van der Waals surface area contributed by atoms with Crippen molar-refractivity contribution in [2.45, 2.75) is 388 Å². The van der Waals surface area contributed by atoms with Crippen LogP contribution in [0.2, 0.25) is 0 Å². The lowest BCUT2D eigenvalue weighted by Crippen LogP contribution is -2.15. The summed E-state index contributed by atoms with van der Waals surface area (Å²) in [7, 11) is 0. The number of benzene rings is 4. The maximum absolute atomic E-state index is 15.2. The largest absolute Gasteiger partial charge is 0.300 e. The molecule has 18 heteroatoms. The Kier molecular flexibility index (Phi) is 48.3. The van der Waals surface area contributed by atoms with E-state index in [1.807, 2.05) is 0 Å². The molecule has 0 bridgehead atoms. The molecule has 4 rings (SSSR count). The lowest BCUT2D eigenvalue weighted by Gasteiger charge is -2.19. The highest BCUT2D eigenvalue weighted by molar-refractivity contribution is 6.31. The van der Waals surface area contributed by atoms with Gasteiger partial charge in [0.25, 0.3) is 0 Å². The SMILES string of the molecule is CCCCCCC(=O)CCC(=O)CCC(=O)c1cc2c3cc(C(=O)CCC(=O)CCC(=O)CCCCCC)c(C(=O)CCC(=O)CCC(=O)CCCCCC)cc3c3cc(C(=O)CCC(=O)CCC(=O)CCCCCC)c(C(=O)CCC(=O)CCC(=O)CCCCCC)cc3c2cc1C(=O)CCC(=O)CCC(=O)CCCCCC. The Hall–Kier alpha value is -8.28. The summed E-state index contributed by atoms with van der Waals surface area (Å²) in [5.41, 5.74) is -1.23. The summed E-state index contributed by atoms with van der Waals surface area (Å²) < 4.78 is 0. The monoisotopic (exact) mass is 1570 g/mol. The number of hydrogen-bond donors (Lipinski definition) is 0. The zero-order valence-corrected chi connectivity index (χ0v) is 70.0. The third-order valence-electron chi connectivity index (χ3n) is 21.9. The molecule has 0 atom stereocenters. The molecule has 0 aliphatic rings. The van der Waals surface area contributed by atoms with Crippen LogP contribution in [0.4, 0.5) is 0 Å². The first-order valence-electron chi connectivity index (χ1n) is 43.7. The molecule has 0 fully saturated rings. The van der Waals surface area contributed by atoms with E-state index in [0.717, 1.165) is 116 Å². The van der Waals surface area contributed by atoms with Crippen LogP contribution in [0.25, 0.3) is 32.3 Å². The van der Waals surface area contributed by atoms with Gasteiger partial charge in [-0.2, -0.15) is 0 Å². The molecule has 114 heavy (non-hydrogen) atoms. The van der Waals surface area contributed by atoms with Crippen LogP contribution in [0.1, 0.15) is 450 Å². The highest BCUT2D eigenvalue weighted by atomic mass is 16.2. The maximum Gasteiger partial charge on any atom is 0.164 e. The van der Waals surface area contributed by atoms with Gasteiger partial charge in [0.2, 0.25) is 0 Å². The number of hydrogen-bond acceptors (Lipinski definition) is 18. The molecule has 4 aromatic carbocycles. The molecule has 4 aromatic rings. The second kappa shape index (κ2) is 56.1. The first-order chi connectivity index (χ1) is 54.8. The van der Waals surface area contributed by atoms with E-state index in [2.05, 4.69) is 41.5 Å². The fourth-order valence-electron chi connectivity index (χ4n) is 14.5. The van der Waals surface area contributed by atoms with Crippen molar-refractivity contribution in [2.24, 2.45) is 0 Å². The van der Waals surface area contributed by atoms with Gasteiger partial charge in [-0.1, -0.05) is 157 Å². The molecule has 0 aliphatic carbocycles. The minimum Gasteiger partial charge on any atom is -0.300 e. The van der Waals surface area contributed by atoms with Crippen molar-refractivity contribution in [3.8, 4) is 0 Å². The van der Waals surface area contributed by atoms with Crippen LogP contribution in [0.15, 0.2) is 36.4 Å². The van der Waals surface area contributed by atoms with Crippen LogP contribution in [-0.4, -0.2) is 104 Å². The van der Waals surface area contributed by atoms with E-state index < -0.39 is 73.2 Å². The van der Waals surface area contributed by atoms with Gasteiger partial charge in [-0.25, -0.2) is 0 Å². The topological polar surface area (TPSA) is 307 Å². The van der Waals surface area contributed by atoms with E-state index in [4.69, 9.17) is 0 Å². The Morgan fingerprint density at radius 2 is 0.246 bits per heavy atom. The number of carbonyl (C=O) groups excluding carboxylic acids is 18. The van der Waals surface area contributed by atoms with Crippen LogP contribution < -0.4 is 0 Å². The van der Waals surface area contributed by atoms with Crippen LogP contribution in [0.3, 0.4) is 0 Å². The molecule has 0 aromatic heterocycles. The number of Topliss-reactive ketones (excluding diaryl/α,β-unsaturated/α-hetero) is 18. The zero-order chi connectivity index (χ0) is 83.7. The normalized spacial score (nSPS) is 11.3. The van der Waals surface area contributed by atoms with Gasteiger partial charge in [-0.3, -0.25) is 86.3 Å². The predicted octanol–water partition coefficient (Wildman–Crippen LogP) is 22.3. The first kappa shape index (κ1) is 98.1. The minimum atomic E-state index is -0.692. The van der Waals surface area contributed by atoms with E-state index >= 15 is 28.8 Å². The quantitative estimate of drug-likeness (QED) is 0.0225. The van der Waals surface area contributed by atoms with Crippen molar-refractivity contribution < 1.29 is 86.3 Å². The van der Waals surface area contributed by atoms with Gasteiger partial charge in [-0.05, 0) is 107 Å². The Bertz CT molecular complexity index is 3320. The highest BCUT2D eigenvalue weighted by Gasteiger charge is 2.29. The van der Waals surface area contributed by atoms with Crippen molar-refractivity contribution in [3.05, 3.63) is 69.8 Å². The summed E-state index contributed by atoms with van der Waals surface area (Å²) in [5, 5.41) is 0.914. The molecule has 0 heterocycles. The molecule has 0 N–H and O–H groups in total. The molecular weight excluding hydrogens is 1440 g/mol. The van der Waals surface area contributed by atoms with E-state index in [9.17, 15) is 57.5 Å². The number of ketones is 18. The van der Waals surface area contributed by atoms with E-state index in [1.165, 1.54) is 36.4 Å². The summed E-state index contributed by atoms with van der Waals surface area (Å²) >= 11 is 0. The lowest BCUT2D eigenvalue weighted by atomic mass is 9.83. The molecule has 0 saturated heterocycles. The summed E-state index contributed by atoms with van der Waals surface area (Å²) in [4.78, 5) is 250. The van der Waals surface area contributed by atoms with E-state index in [0.29, 0.717) is 77.0 Å². The molecule has 18 nitrogen and oxygen atoms in total. The number of fused-ring (bicyclic) bond motifs is 6. The summed E-state index contributed by atoms with van der Waals surface area (Å²) in [6.45, 7) is 12.3. The average Bonchev–Trinajstić information content (AvgIpc) is 0.718. The predicted molar refractivity (Wildman–Crippen MR) is 448 cm³/mol. The number of carbonyl (C=O) groups is 18. The van der Waals surface area contributed by atoms with Crippen LogP contribution in [-0.2, 0) is 57.5 Å². The molecule has 0 unspecified atom stereocenters. The van der Waals surface area contributed by atoms with E-state index in [-0.39, 0.29) is 251 Å². The summed E-state index contributed by atoms with van der Waals surface area (Å²) in [6.07, 6.45) is 17.1. The van der Waals surface area contributed by atoms with Crippen molar-refractivity contribution in [1.82, 2.24) is 0 Å². The highest BCUT2D eigenvalue weighted by Crippen LogP contribution is 2.41. The smallest absolute Gasteiger partial charge is 0.164 e. The fraction of sp³-hybridized carbons (Fsp3) is 0.625. The Balaban J connectivity index is 2.13. The Morgan fingerprint density at radius 3 is 0.360 bits per heavy atom. The third kappa shape index (κ3) is 37.1. The molecule has 624 valence electrons. The van der Waals surface area contributed by atoms with Crippen molar-refractivity contribution in [1.29, 1.82) is 0 Å². The van der Waals surface area contributed by atoms with Crippen molar-refractivity contribution in [3.63, 3.8) is 0 Å². The van der Waals surface area contributed by atoms with Gasteiger partial charge in [0.05, 0.1) is 0 Å². The molecule has 0 amide bonds. The molecule has 0 aliphatic heterocycles. The van der Waals surface area contributed by atoms with Gasteiger partial charge < -0.3 is 0 Å². The van der Waals surface area contributed by atoms with Gasteiger partial charge in [0.15, 0.2) is 34.7 Å². The minimum absolute atomic E-state index is 0.0283. The summed E-state index contributed by atoms with van der Waals surface area (Å²) in [5.74, 6) is -7.01. The molecule has 0 spiro atoms. The summed E-state index contributed by atoms with van der Waals surface area (Å²) in [6, 6.07) is 8.44. The number of unbranched alkanes of at least 4 members (excludes halogenated alkanes) is 18. The van der Waals surface area contributed by atoms with Crippen LogP contribution in [0, 0.1) is 0 Å². The fourth-order valence-corrected chi connectivity index (χ4v) is 14.5. The third-order valence-corrected chi connectivity index (χ3v) is 21.9. The second-order valence-corrected chi connectivity index (χ2v) is 31.7. The number of rotatable bonds is 72. The van der Waals surface area contributed by atoms with Gasteiger partial charge in [0.1, 0.15) is 69.4 Å². The molecule has 0 saturated carbocycles. The second-order valence-electron chi connectivity index (χ2n) is 31.7. The van der Waals surface area contributed by atoms with Gasteiger partial charge in [-0.15, -0.1) is 0 Å². The van der Waals surface area contributed by atoms with Crippen molar-refractivity contribution in [2.75, 3.05) is 0 Å². The van der Waals surface area contributed by atoms with Gasteiger partial charge in [0, 0.05) is 226 Å². The van der Waals surface area contributed by atoms with Gasteiger partial charge >= 0.3 is 0 Å². The molecular formula is C96H132O18. The van der Waals surface area contributed by atoms with Crippen LogP contribution in [0.5, 0.6) is 0 Å². The maximum atomic E-state index is 15.2.